The summed E-state index contributed by atoms with van der Waals surface area (Å²) < 4.78 is 29.1. The van der Waals surface area contributed by atoms with Crippen LogP contribution in [0.25, 0.3) is 0 Å². The van der Waals surface area contributed by atoms with Gasteiger partial charge in [-0.3, -0.25) is 4.79 Å². The van der Waals surface area contributed by atoms with Gasteiger partial charge in [-0.1, -0.05) is 17.7 Å². The molecule has 0 fully saturated rings. The Morgan fingerprint density at radius 3 is 2.65 bits per heavy atom. The van der Waals surface area contributed by atoms with E-state index in [0.717, 1.165) is 12.3 Å². The van der Waals surface area contributed by atoms with Crippen molar-refractivity contribution in [2.24, 2.45) is 0 Å². The molecule has 0 aliphatic carbocycles. The molecule has 2 aromatic rings. The number of benzene rings is 1. The Bertz CT molecular complexity index is 779. The molecule has 1 N–H and O–H groups in total. The van der Waals surface area contributed by atoms with Crippen LogP contribution in [0, 0.1) is 0 Å². The molecule has 0 atom stereocenters. The number of aryl methyl sites for hydroxylation is 1. The number of rotatable bonds is 4. The molecule has 0 aliphatic rings. The maximum Gasteiger partial charge on any atom is 0.226 e. The fourth-order valence-electron chi connectivity index (χ4n) is 1.59. The molecular formula is C13H11ClO5S. The lowest BCUT2D eigenvalue weighted by molar-refractivity contribution is 0.415. The first-order valence-electron chi connectivity index (χ1n) is 5.67. The quantitative estimate of drug-likeness (QED) is 0.933. The summed E-state index contributed by atoms with van der Waals surface area (Å²) in [6.07, 6.45) is 0.925. The van der Waals surface area contributed by atoms with Crippen molar-refractivity contribution >= 4 is 21.4 Å². The van der Waals surface area contributed by atoms with Crippen LogP contribution >= 0.6 is 11.6 Å². The third-order valence-electron chi connectivity index (χ3n) is 2.64. The molecule has 0 saturated heterocycles. The van der Waals surface area contributed by atoms with Crippen molar-refractivity contribution in [1.82, 2.24) is 0 Å². The van der Waals surface area contributed by atoms with E-state index in [1.54, 1.807) is 12.1 Å². The molecule has 0 spiro atoms. The van der Waals surface area contributed by atoms with Crippen molar-refractivity contribution in [2.45, 2.75) is 11.3 Å². The molecule has 0 aliphatic heterocycles. The number of aromatic hydroxyl groups is 1. The van der Waals surface area contributed by atoms with Crippen LogP contribution in [0.15, 0.2) is 50.7 Å². The fraction of sp³-hybridized carbons (Fsp3) is 0.154. The van der Waals surface area contributed by atoms with Gasteiger partial charge in [0, 0.05) is 17.5 Å². The molecule has 106 valence electrons. The lowest BCUT2D eigenvalue weighted by atomic mass is 10.3. The highest BCUT2D eigenvalue weighted by Crippen LogP contribution is 2.17. The van der Waals surface area contributed by atoms with E-state index in [9.17, 15) is 13.2 Å². The van der Waals surface area contributed by atoms with E-state index in [1.807, 2.05) is 0 Å². The van der Waals surface area contributed by atoms with Crippen LogP contribution in [0.3, 0.4) is 0 Å². The Kier molecular flexibility index (Phi) is 4.15. The molecule has 1 aromatic heterocycles. The Labute approximate surface area is 120 Å². The average molecular weight is 315 g/mol. The Balaban J connectivity index is 2.17. The Morgan fingerprint density at radius 1 is 1.25 bits per heavy atom. The van der Waals surface area contributed by atoms with Crippen molar-refractivity contribution in [3.05, 3.63) is 57.6 Å². The number of hydrogen-bond donors (Lipinski definition) is 1. The first-order valence-corrected chi connectivity index (χ1v) is 7.70. The number of halogens is 1. The second-order valence-corrected chi connectivity index (χ2v) is 6.67. The fourth-order valence-corrected chi connectivity index (χ4v) is 3.14. The summed E-state index contributed by atoms with van der Waals surface area (Å²) >= 11 is 5.75. The lowest BCUT2D eigenvalue weighted by Gasteiger charge is -2.04. The molecule has 0 unspecified atom stereocenters. The third-order valence-corrected chi connectivity index (χ3v) is 4.59. The van der Waals surface area contributed by atoms with E-state index in [-0.39, 0.29) is 22.8 Å². The zero-order valence-corrected chi connectivity index (χ0v) is 11.8. The Hall–Kier alpha value is -1.79. The van der Waals surface area contributed by atoms with Crippen LogP contribution in [-0.4, -0.2) is 19.3 Å². The van der Waals surface area contributed by atoms with Crippen molar-refractivity contribution in [1.29, 1.82) is 0 Å². The predicted octanol–water partition coefficient (Wildman–Crippen LogP) is 2.02. The molecule has 2 rings (SSSR count). The van der Waals surface area contributed by atoms with E-state index >= 15 is 0 Å². The molecule has 0 saturated carbocycles. The van der Waals surface area contributed by atoms with Crippen molar-refractivity contribution < 1.29 is 17.9 Å². The van der Waals surface area contributed by atoms with Crippen LogP contribution in [0.5, 0.6) is 5.75 Å². The molecule has 0 amide bonds. The normalized spacial score (nSPS) is 11.4. The van der Waals surface area contributed by atoms with Crippen LogP contribution in [-0.2, 0) is 16.3 Å². The van der Waals surface area contributed by atoms with E-state index in [1.165, 1.54) is 12.1 Å². The van der Waals surface area contributed by atoms with Gasteiger partial charge in [-0.25, -0.2) is 8.42 Å². The summed E-state index contributed by atoms with van der Waals surface area (Å²) in [5, 5.41) is 9.38. The van der Waals surface area contributed by atoms with Gasteiger partial charge in [-0.15, -0.1) is 0 Å². The van der Waals surface area contributed by atoms with Crippen LogP contribution < -0.4 is 5.43 Å². The SMILES string of the molecule is O=c1cc(CCS(=O)(=O)c2cccc(Cl)c2)occ1O. The summed E-state index contributed by atoms with van der Waals surface area (Å²) in [5.41, 5.74) is -0.605. The van der Waals surface area contributed by atoms with Gasteiger partial charge in [0.1, 0.15) is 12.0 Å². The maximum atomic E-state index is 12.1. The second kappa shape index (κ2) is 5.68. The number of hydrogen-bond acceptors (Lipinski definition) is 5. The van der Waals surface area contributed by atoms with Gasteiger partial charge in [0.15, 0.2) is 15.6 Å². The molecule has 5 nitrogen and oxygen atoms in total. The van der Waals surface area contributed by atoms with E-state index in [4.69, 9.17) is 21.1 Å². The minimum absolute atomic E-state index is 0.0321. The predicted molar refractivity (Wildman–Crippen MR) is 73.9 cm³/mol. The molecule has 1 heterocycles. The molecule has 0 radical (unpaired) electrons. The van der Waals surface area contributed by atoms with Crippen molar-refractivity contribution in [2.75, 3.05) is 5.75 Å². The average Bonchev–Trinajstić information content (AvgIpc) is 2.40. The molecule has 20 heavy (non-hydrogen) atoms. The smallest absolute Gasteiger partial charge is 0.226 e. The zero-order valence-electron chi connectivity index (χ0n) is 10.2. The highest BCUT2D eigenvalue weighted by atomic mass is 35.5. The van der Waals surface area contributed by atoms with Crippen LogP contribution in [0.2, 0.25) is 5.02 Å². The highest BCUT2D eigenvalue weighted by Gasteiger charge is 2.16. The molecular weight excluding hydrogens is 304 g/mol. The van der Waals surface area contributed by atoms with Gasteiger partial charge in [-0.2, -0.15) is 0 Å². The summed E-state index contributed by atoms with van der Waals surface area (Å²) in [6, 6.07) is 7.02. The van der Waals surface area contributed by atoms with Gasteiger partial charge in [0.05, 0.1) is 10.6 Å². The first-order chi connectivity index (χ1) is 9.38. The van der Waals surface area contributed by atoms with E-state index in [2.05, 4.69) is 0 Å². The number of sulfone groups is 1. The highest BCUT2D eigenvalue weighted by molar-refractivity contribution is 7.91. The second-order valence-electron chi connectivity index (χ2n) is 4.12. The van der Waals surface area contributed by atoms with Gasteiger partial charge in [0.2, 0.25) is 5.43 Å². The standard InChI is InChI=1S/C13H11ClO5S/c14-9-2-1-3-11(6-9)20(17,18)5-4-10-7-12(15)13(16)8-19-10/h1-3,6-8,16H,4-5H2. The maximum absolute atomic E-state index is 12.1. The molecule has 1 aromatic carbocycles. The Morgan fingerprint density at radius 2 is 2.00 bits per heavy atom. The third kappa shape index (κ3) is 3.40. The van der Waals surface area contributed by atoms with Gasteiger partial charge < -0.3 is 9.52 Å². The van der Waals surface area contributed by atoms with Crippen LogP contribution in [0.4, 0.5) is 0 Å². The van der Waals surface area contributed by atoms with E-state index < -0.39 is 21.0 Å². The monoisotopic (exact) mass is 314 g/mol. The largest absolute Gasteiger partial charge is 0.502 e. The zero-order chi connectivity index (χ0) is 14.8. The molecule has 0 bridgehead atoms. The summed E-state index contributed by atoms with van der Waals surface area (Å²) in [6.45, 7) is 0. The summed E-state index contributed by atoms with van der Waals surface area (Å²) in [7, 11) is -3.51. The minimum Gasteiger partial charge on any atom is -0.502 e. The summed E-state index contributed by atoms with van der Waals surface area (Å²) in [4.78, 5) is 11.3. The minimum atomic E-state index is -3.51. The van der Waals surface area contributed by atoms with Crippen LogP contribution in [0.1, 0.15) is 5.76 Å². The lowest BCUT2D eigenvalue weighted by Crippen LogP contribution is -2.10. The summed E-state index contributed by atoms with van der Waals surface area (Å²) in [5.74, 6) is -0.536. The topological polar surface area (TPSA) is 84.6 Å². The first kappa shape index (κ1) is 14.6. The van der Waals surface area contributed by atoms with Gasteiger partial charge >= 0.3 is 0 Å². The van der Waals surface area contributed by atoms with Gasteiger partial charge in [-0.05, 0) is 18.2 Å². The van der Waals surface area contributed by atoms with Crippen molar-refractivity contribution in [3.63, 3.8) is 0 Å². The van der Waals surface area contributed by atoms with Gasteiger partial charge in [0.25, 0.3) is 0 Å². The van der Waals surface area contributed by atoms with Crippen molar-refractivity contribution in [3.8, 4) is 5.75 Å². The molecule has 7 heteroatoms. The van der Waals surface area contributed by atoms with E-state index in [0.29, 0.717) is 5.02 Å².